The van der Waals surface area contributed by atoms with Gasteiger partial charge in [-0.1, -0.05) is 6.07 Å². The smallest absolute Gasteiger partial charge is 0.336 e. The summed E-state index contributed by atoms with van der Waals surface area (Å²) in [6.07, 6.45) is 0. The molecule has 9 nitrogen and oxygen atoms in total. The number of hydrogen-bond donors (Lipinski definition) is 3. The van der Waals surface area contributed by atoms with E-state index in [9.17, 15) is 19.5 Å². The SMILES string of the molecule is O=C(O)CN(CCN1CCOCC1)Cc1ccc(C(=O)O)c(C(=O)O)c1. The van der Waals surface area contributed by atoms with Gasteiger partial charge in [0.1, 0.15) is 0 Å². The van der Waals surface area contributed by atoms with Crippen LogP contribution in [-0.2, 0) is 16.1 Å². The summed E-state index contributed by atoms with van der Waals surface area (Å²) in [6.45, 7) is 4.08. The maximum absolute atomic E-state index is 11.3. The second-order valence-corrected chi connectivity index (χ2v) is 6.05. The number of benzene rings is 1. The normalized spacial score (nSPS) is 15.1. The minimum atomic E-state index is -1.33. The summed E-state index contributed by atoms with van der Waals surface area (Å²) in [7, 11) is 0. The summed E-state index contributed by atoms with van der Waals surface area (Å²) in [5, 5.41) is 27.4. The van der Waals surface area contributed by atoms with Gasteiger partial charge in [0, 0.05) is 32.7 Å². The van der Waals surface area contributed by atoms with Gasteiger partial charge in [-0.15, -0.1) is 0 Å². The molecule has 0 radical (unpaired) electrons. The molecule has 26 heavy (non-hydrogen) atoms. The van der Waals surface area contributed by atoms with Crippen molar-refractivity contribution in [2.45, 2.75) is 6.54 Å². The van der Waals surface area contributed by atoms with E-state index in [0.717, 1.165) is 13.1 Å². The fourth-order valence-corrected chi connectivity index (χ4v) is 2.82. The van der Waals surface area contributed by atoms with Crippen LogP contribution in [0.2, 0.25) is 0 Å². The first-order chi connectivity index (χ1) is 12.4. The molecular weight excluding hydrogens is 344 g/mol. The molecule has 0 aromatic heterocycles. The molecule has 0 saturated carbocycles. The number of aliphatic carboxylic acids is 1. The number of ether oxygens (including phenoxy) is 1. The number of aromatic carboxylic acids is 2. The third kappa shape index (κ3) is 5.80. The van der Waals surface area contributed by atoms with Crippen molar-refractivity contribution in [3.63, 3.8) is 0 Å². The molecule has 0 amide bonds. The summed E-state index contributed by atoms with van der Waals surface area (Å²) >= 11 is 0. The van der Waals surface area contributed by atoms with Crippen LogP contribution in [0.1, 0.15) is 26.3 Å². The van der Waals surface area contributed by atoms with E-state index in [-0.39, 0.29) is 24.2 Å². The highest BCUT2D eigenvalue weighted by molar-refractivity contribution is 6.01. The zero-order chi connectivity index (χ0) is 19.1. The average molecular weight is 366 g/mol. The summed E-state index contributed by atoms with van der Waals surface area (Å²) in [6, 6.07) is 4.04. The second-order valence-electron chi connectivity index (χ2n) is 6.05. The van der Waals surface area contributed by atoms with Gasteiger partial charge in [-0.25, -0.2) is 9.59 Å². The molecule has 1 saturated heterocycles. The zero-order valence-corrected chi connectivity index (χ0v) is 14.3. The lowest BCUT2D eigenvalue weighted by Gasteiger charge is -2.29. The highest BCUT2D eigenvalue weighted by Crippen LogP contribution is 2.15. The summed E-state index contributed by atoms with van der Waals surface area (Å²) in [5.74, 6) is -3.63. The van der Waals surface area contributed by atoms with Crippen molar-refractivity contribution in [2.24, 2.45) is 0 Å². The zero-order valence-electron chi connectivity index (χ0n) is 14.3. The van der Waals surface area contributed by atoms with Crippen LogP contribution >= 0.6 is 0 Å². The van der Waals surface area contributed by atoms with Gasteiger partial charge < -0.3 is 20.1 Å². The second kappa shape index (κ2) is 9.27. The highest BCUT2D eigenvalue weighted by Gasteiger charge is 2.19. The fourth-order valence-electron chi connectivity index (χ4n) is 2.82. The Hall–Kier alpha value is -2.49. The number of carboxylic acid groups (broad SMARTS) is 3. The molecule has 1 aliphatic heterocycles. The lowest BCUT2D eigenvalue weighted by molar-refractivity contribution is -0.138. The van der Waals surface area contributed by atoms with Crippen molar-refractivity contribution in [1.29, 1.82) is 0 Å². The monoisotopic (exact) mass is 366 g/mol. The lowest BCUT2D eigenvalue weighted by atomic mass is 10.0. The van der Waals surface area contributed by atoms with Gasteiger partial charge in [-0.05, 0) is 17.7 Å². The Morgan fingerprint density at radius 2 is 1.69 bits per heavy atom. The first-order valence-corrected chi connectivity index (χ1v) is 8.20. The minimum absolute atomic E-state index is 0.187. The molecule has 0 spiro atoms. The number of carboxylic acids is 3. The Balaban J connectivity index is 2.08. The Labute approximate surface area is 150 Å². The van der Waals surface area contributed by atoms with E-state index in [2.05, 4.69) is 4.90 Å². The maximum atomic E-state index is 11.3. The van der Waals surface area contributed by atoms with Crippen LogP contribution in [0.5, 0.6) is 0 Å². The van der Waals surface area contributed by atoms with Crippen molar-refractivity contribution >= 4 is 17.9 Å². The molecule has 0 bridgehead atoms. The Kier molecular flexibility index (Phi) is 7.07. The van der Waals surface area contributed by atoms with Crippen molar-refractivity contribution in [1.82, 2.24) is 9.80 Å². The van der Waals surface area contributed by atoms with Crippen LogP contribution in [0.25, 0.3) is 0 Å². The number of carbonyl (C=O) groups is 3. The summed E-state index contributed by atoms with van der Waals surface area (Å²) < 4.78 is 5.28. The lowest BCUT2D eigenvalue weighted by Crippen LogP contribution is -2.42. The predicted octanol–water partition coefficient (Wildman–Crippen LogP) is 0.302. The number of hydrogen-bond acceptors (Lipinski definition) is 6. The van der Waals surface area contributed by atoms with E-state index in [1.54, 1.807) is 4.90 Å². The van der Waals surface area contributed by atoms with Crippen molar-refractivity contribution in [3.8, 4) is 0 Å². The Morgan fingerprint density at radius 1 is 1.04 bits per heavy atom. The average Bonchev–Trinajstić information content (AvgIpc) is 2.59. The van der Waals surface area contributed by atoms with Gasteiger partial charge in [0.05, 0.1) is 30.9 Å². The quantitative estimate of drug-likeness (QED) is 0.565. The topological polar surface area (TPSA) is 128 Å². The van der Waals surface area contributed by atoms with E-state index in [1.807, 2.05) is 0 Å². The molecule has 1 aromatic carbocycles. The first-order valence-electron chi connectivity index (χ1n) is 8.20. The van der Waals surface area contributed by atoms with Crippen molar-refractivity contribution in [3.05, 3.63) is 34.9 Å². The van der Waals surface area contributed by atoms with Crippen LogP contribution in [0.15, 0.2) is 18.2 Å². The molecule has 1 aromatic rings. The Bertz CT molecular complexity index is 671. The van der Waals surface area contributed by atoms with Gasteiger partial charge >= 0.3 is 17.9 Å². The van der Waals surface area contributed by atoms with E-state index in [1.165, 1.54) is 18.2 Å². The number of rotatable bonds is 9. The molecule has 9 heteroatoms. The molecule has 3 N–H and O–H groups in total. The number of morpholine rings is 1. The maximum Gasteiger partial charge on any atom is 0.336 e. The molecule has 0 unspecified atom stereocenters. The molecule has 1 aliphatic rings. The van der Waals surface area contributed by atoms with Crippen molar-refractivity contribution in [2.75, 3.05) is 45.9 Å². The third-order valence-electron chi connectivity index (χ3n) is 4.15. The van der Waals surface area contributed by atoms with Crippen LogP contribution < -0.4 is 0 Å². The molecule has 0 aliphatic carbocycles. The summed E-state index contributed by atoms with van der Waals surface area (Å²) in [5.41, 5.74) is -0.0477. The van der Waals surface area contributed by atoms with Crippen LogP contribution in [-0.4, -0.2) is 89.0 Å². The highest BCUT2D eigenvalue weighted by atomic mass is 16.5. The largest absolute Gasteiger partial charge is 0.480 e. The van der Waals surface area contributed by atoms with Gasteiger partial charge in [0.2, 0.25) is 0 Å². The van der Waals surface area contributed by atoms with Gasteiger partial charge in [0.25, 0.3) is 0 Å². The molecule has 2 rings (SSSR count). The van der Waals surface area contributed by atoms with Gasteiger partial charge in [-0.3, -0.25) is 14.6 Å². The van der Waals surface area contributed by atoms with Crippen LogP contribution in [0.3, 0.4) is 0 Å². The molecule has 1 heterocycles. The molecule has 0 atom stereocenters. The van der Waals surface area contributed by atoms with Gasteiger partial charge in [0.15, 0.2) is 0 Å². The van der Waals surface area contributed by atoms with E-state index in [0.29, 0.717) is 31.9 Å². The van der Waals surface area contributed by atoms with Crippen molar-refractivity contribution < 1.29 is 34.4 Å². The van der Waals surface area contributed by atoms with E-state index in [4.69, 9.17) is 14.9 Å². The first kappa shape index (κ1) is 19.8. The van der Waals surface area contributed by atoms with Gasteiger partial charge in [-0.2, -0.15) is 0 Å². The van der Waals surface area contributed by atoms with Crippen LogP contribution in [0.4, 0.5) is 0 Å². The van der Waals surface area contributed by atoms with Crippen LogP contribution in [0, 0.1) is 0 Å². The minimum Gasteiger partial charge on any atom is -0.480 e. The standard InChI is InChI=1S/C17H22N2O7/c20-15(21)11-19(4-3-18-5-7-26-8-6-18)10-12-1-2-13(16(22)23)14(9-12)17(24)25/h1-2,9H,3-8,10-11H2,(H,20,21)(H,22,23)(H,24,25). The fraction of sp³-hybridized carbons (Fsp3) is 0.471. The van der Waals surface area contributed by atoms with E-state index >= 15 is 0 Å². The van der Waals surface area contributed by atoms with E-state index < -0.39 is 17.9 Å². The number of nitrogens with zero attached hydrogens (tertiary/aromatic N) is 2. The predicted molar refractivity (Wildman–Crippen MR) is 90.5 cm³/mol. The molecule has 142 valence electrons. The molecular formula is C17H22N2O7. The summed E-state index contributed by atoms with van der Waals surface area (Å²) in [4.78, 5) is 37.4. The third-order valence-corrected chi connectivity index (χ3v) is 4.15. The Morgan fingerprint density at radius 3 is 2.27 bits per heavy atom. The molecule has 1 fully saturated rings.